The Morgan fingerprint density at radius 1 is 1.45 bits per heavy atom. The molecule has 0 N–H and O–H groups in total. The molecule has 0 amide bonds. The van der Waals surface area contributed by atoms with Crippen molar-refractivity contribution in [2.75, 3.05) is 33.4 Å². The Morgan fingerprint density at radius 3 is 2.75 bits per heavy atom. The number of nitro benzene ring substituents is 1. The molecule has 0 atom stereocenters. The van der Waals surface area contributed by atoms with Crippen molar-refractivity contribution in [3.05, 3.63) is 33.9 Å². The van der Waals surface area contributed by atoms with E-state index in [2.05, 4.69) is 0 Å². The van der Waals surface area contributed by atoms with E-state index >= 15 is 0 Å². The third-order valence-electron chi connectivity index (χ3n) is 2.78. The van der Waals surface area contributed by atoms with E-state index in [4.69, 9.17) is 9.47 Å². The topological polar surface area (TPSA) is 81.9 Å². The summed E-state index contributed by atoms with van der Waals surface area (Å²) in [6.45, 7) is 2.62. The number of carbonyl (C=O) groups is 1. The summed E-state index contributed by atoms with van der Waals surface area (Å²) >= 11 is 1.31. The van der Waals surface area contributed by atoms with Crippen molar-refractivity contribution in [1.82, 2.24) is 4.31 Å². The van der Waals surface area contributed by atoms with E-state index in [-0.39, 0.29) is 5.69 Å². The lowest BCUT2D eigenvalue weighted by Crippen LogP contribution is -2.31. The highest BCUT2D eigenvalue weighted by Gasteiger charge is 2.20. The summed E-state index contributed by atoms with van der Waals surface area (Å²) in [4.78, 5) is 22.6. The van der Waals surface area contributed by atoms with Gasteiger partial charge in [-0.25, -0.2) is 9.10 Å². The van der Waals surface area contributed by atoms with Crippen LogP contribution in [0.1, 0.15) is 10.4 Å². The normalized spacial score (nSPS) is 15.8. The van der Waals surface area contributed by atoms with Gasteiger partial charge in [0.2, 0.25) is 0 Å². The highest BCUT2D eigenvalue weighted by atomic mass is 32.2. The molecular formula is C12H14N2O5S. The van der Waals surface area contributed by atoms with Gasteiger partial charge in [-0.15, -0.1) is 0 Å². The van der Waals surface area contributed by atoms with Gasteiger partial charge in [-0.3, -0.25) is 10.1 Å². The van der Waals surface area contributed by atoms with Gasteiger partial charge in [0, 0.05) is 30.1 Å². The van der Waals surface area contributed by atoms with Crippen molar-refractivity contribution in [3.8, 4) is 0 Å². The van der Waals surface area contributed by atoms with Crippen molar-refractivity contribution < 1.29 is 19.2 Å². The zero-order valence-corrected chi connectivity index (χ0v) is 11.7. The van der Waals surface area contributed by atoms with Crippen molar-refractivity contribution >= 4 is 23.6 Å². The summed E-state index contributed by atoms with van der Waals surface area (Å²) in [7, 11) is 1.28. The molecule has 1 saturated heterocycles. The van der Waals surface area contributed by atoms with Gasteiger partial charge >= 0.3 is 5.97 Å². The Bertz CT molecular complexity index is 517. The van der Waals surface area contributed by atoms with Gasteiger partial charge in [-0.1, -0.05) is 0 Å². The lowest BCUT2D eigenvalue weighted by Gasteiger charge is -2.25. The molecule has 7 nitrogen and oxygen atoms in total. The summed E-state index contributed by atoms with van der Waals surface area (Å²) in [6.07, 6.45) is 0. The van der Waals surface area contributed by atoms with Crippen LogP contribution in [0.15, 0.2) is 23.1 Å². The molecule has 1 heterocycles. The lowest BCUT2D eigenvalue weighted by atomic mass is 10.2. The number of benzene rings is 1. The Morgan fingerprint density at radius 2 is 2.15 bits per heavy atom. The second-order valence-corrected chi connectivity index (χ2v) is 5.20. The van der Waals surface area contributed by atoms with E-state index in [0.717, 1.165) is 0 Å². The van der Waals surface area contributed by atoms with Crippen LogP contribution >= 0.6 is 11.9 Å². The summed E-state index contributed by atoms with van der Waals surface area (Å²) in [5, 5.41) is 10.8. The van der Waals surface area contributed by atoms with Crippen LogP contribution in [-0.2, 0) is 9.47 Å². The molecule has 1 aliphatic heterocycles. The monoisotopic (exact) mass is 298 g/mol. The fourth-order valence-corrected chi connectivity index (χ4v) is 2.79. The molecule has 0 saturated carbocycles. The first-order chi connectivity index (χ1) is 9.61. The van der Waals surface area contributed by atoms with Crippen LogP contribution in [0, 0.1) is 10.1 Å². The lowest BCUT2D eigenvalue weighted by molar-refractivity contribution is -0.385. The van der Waals surface area contributed by atoms with Gasteiger partial charge in [0.15, 0.2) is 0 Å². The number of nitrogens with zero attached hydrogens (tertiary/aromatic N) is 2. The molecule has 1 aliphatic rings. The van der Waals surface area contributed by atoms with Crippen LogP contribution in [0.25, 0.3) is 0 Å². The van der Waals surface area contributed by atoms with E-state index in [1.54, 1.807) is 0 Å². The predicted octanol–water partition coefficient (Wildman–Crippen LogP) is 1.72. The minimum Gasteiger partial charge on any atom is -0.465 e. The van der Waals surface area contributed by atoms with Gasteiger partial charge < -0.3 is 9.47 Å². The number of morpholine rings is 1. The van der Waals surface area contributed by atoms with E-state index < -0.39 is 10.9 Å². The zero-order chi connectivity index (χ0) is 14.5. The first-order valence-corrected chi connectivity index (χ1v) is 6.76. The molecule has 1 fully saturated rings. The number of hydrogen-bond acceptors (Lipinski definition) is 7. The quantitative estimate of drug-likeness (QED) is 0.362. The molecule has 1 aromatic rings. The van der Waals surface area contributed by atoms with Crippen molar-refractivity contribution in [3.63, 3.8) is 0 Å². The van der Waals surface area contributed by atoms with Gasteiger partial charge in [0.1, 0.15) is 0 Å². The summed E-state index contributed by atoms with van der Waals surface area (Å²) < 4.78 is 12.0. The van der Waals surface area contributed by atoms with Crippen molar-refractivity contribution in [2.45, 2.75) is 4.90 Å². The SMILES string of the molecule is COC(=O)c1ccc([N+](=O)[O-])cc1SN1CCOCC1. The van der Waals surface area contributed by atoms with Crippen LogP contribution in [0.4, 0.5) is 5.69 Å². The van der Waals surface area contributed by atoms with Crippen LogP contribution < -0.4 is 0 Å². The molecule has 0 unspecified atom stereocenters. The third kappa shape index (κ3) is 3.47. The van der Waals surface area contributed by atoms with E-state index in [9.17, 15) is 14.9 Å². The first-order valence-electron chi connectivity index (χ1n) is 5.99. The molecule has 0 bridgehead atoms. The number of hydrogen-bond donors (Lipinski definition) is 0. The van der Waals surface area contributed by atoms with Crippen LogP contribution in [0.3, 0.4) is 0 Å². The smallest absolute Gasteiger partial charge is 0.339 e. The number of non-ortho nitro benzene ring substituents is 1. The van der Waals surface area contributed by atoms with Crippen LogP contribution in [0.2, 0.25) is 0 Å². The molecule has 2 rings (SSSR count). The average Bonchev–Trinajstić information content (AvgIpc) is 2.47. The molecule has 0 radical (unpaired) electrons. The van der Waals surface area contributed by atoms with Gasteiger partial charge in [-0.2, -0.15) is 0 Å². The van der Waals surface area contributed by atoms with Gasteiger partial charge in [0.25, 0.3) is 5.69 Å². The predicted molar refractivity (Wildman–Crippen MR) is 72.7 cm³/mol. The maximum Gasteiger partial charge on any atom is 0.339 e. The molecule has 0 aliphatic carbocycles. The van der Waals surface area contributed by atoms with Crippen molar-refractivity contribution in [2.24, 2.45) is 0 Å². The summed E-state index contributed by atoms with van der Waals surface area (Å²) in [6, 6.07) is 4.12. The van der Waals surface area contributed by atoms with Crippen molar-refractivity contribution in [1.29, 1.82) is 0 Å². The number of methoxy groups -OCH3 is 1. The average molecular weight is 298 g/mol. The number of nitro groups is 1. The van der Waals surface area contributed by atoms with Crippen LogP contribution in [0.5, 0.6) is 0 Å². The molecule has 108 valence electrons. The molecule has 0 aromatic heterocycles. The molecule has 1 aromatic carbocycles. The maximum absolute atomic E-state index is 11.7. The Hall–Kier alpha value is -1.64. The summed E-state index contributed by atoms with van der Waals surface area (Å²) in [5.74, 6) is -0.504. The molecule has 20 heavy (non-hydrogen) atoms. The Labute approximate surface area is 120 Å². The van der Waals surface area contributed by atoms with E-state index in [1.165, 1.54) is 37.3 Å². The highest BCUT2D eigenvalue weighted by Crippen LogP contribution is 2.30. The van der Waals surface area contributed by atoms with E-state index in [0.29, 0.717) is 36.8 Å². The largest absolute Gasteiger partial charge is 0.465 e. The maximum atomic E-state index is 11.7. The highest BCUT2D eigenvalue weighted by molar-refractivity contribution is 7.97. The number of esters is 1. The minimum absolute atomic E-state index is 0.0478. The second kappa shape index (κ2) is 6.69. The number of ether oxygens (including phenoxy) is 2. The van der Waals surface area contributed by atoms with Crippen LogP contribution in [-0.4, -0.2) is 48.6 Å². The fourth-order valence-electron chi connectivity index (χ4n) is 1.76. The van der Waals surface area contributed by atoms with E-state index in [1.807, 2.05) is 4.31 Å². The fraction of sp³-hybridized carbons (Fsp3) is 0.417. The first kappa shape index (κ1) is 14.8. The molecule has 8 heteroatoms. The minimum atomic E-state index is -0.504. The number of carbonyl (C=O) groups excluding carboxylic acids is 1. The Kier molecular flexibility index (Phi) is 4.94. The van der Waals surface area contributed by atoms with Gasteiger partial charge in [0.05, 0.1) is 30.8 Å². The summed E-state index contributed by atoms with van der Waals surface area (Å²) in [5.41, 5.74) is 0.281. The standard InChI is InChI=1S/C12H14N2O5S/c1-18-12(15)10-3-2-9(14(16)17)8-11(10)20-13-4-6-19-7-5-13/h2-3,8H,4-7H2,1H3. The third-order valence-corrected chi connectivity index (χ3v) is 3.94. The Balaban J connectivity index is 2.27. The number of rotatable bonds is 4. The zero-order valence-electron chi connectivity index (χ0n) is 10.9. The van der Waals surface area contributed by atoms with Gasteiger partial charge in [-0.05, 0) is 18.0 Å². The molecular weight excluding hydrogens is 284 g/mol. The second-order valence-electron chi connectivity index (χ2n) is 4.06. The molecule has 0 spiro atoms.